The van der Waals surface area contributed by atoms with Crippen LogP contribution in [0.1, 0.15) is 26.3 Å². The Morgan fingerprint density at radius 2 is 1.81 bits per heavy atom. The second kappa shape index (κ2) is 7.53. The molecule has 1 aromatic heterocycles. The van der Waals surface area contributed by atoms with Crippen molar-refractivity contribution in [2.45, 2.75) is 0 Å². The van der Waals surface area contributed by atoms with E-state index in [1.54, 1.807) is 18.2 Å². The molecular weight excluding hydrogens is 352 g/mol. The molecular formula is C18H16N4O5. The molecule has 2 rings (SSSR count). The van der Waals surface area contributed by atoms with Gasteiger partial charge in [0.25, 0.3) is 5.56 Å². The van der Waals surface area contributed by atoms with E-state index in [0.29, 0.717) is 0 Å². The lowest BCUT2D eigenvalue weighted by molar-refractivity contribution is 0.0600. The Bertz CT molecular complexity index is 1130. The molecule has 138 valence electrons. The van der Waals surface area contributed by atoms with E-state index in [4.69, 9.17) is 5.73 Å². The highest BCUT2D eigenvalue weighted by Gasteiger charge is 2.24. The second-order valence-electron chi connectivity index (χ2n) is 5.54. The van der Waals surface area contributed by atoms with Crippen LogP contribution in [-0.2, 0) is 18.8 Å². The number of nitrogen functional groups attached to an aromatic ring is 1. The van der Waals surface area contributed by atoms with Crippen LogP contribution in [0, 0.1) is 11.3 Å². The van der Waals surface area contributed by atoms with Gasteiger partial charge in [-0.15, -0.1) is 0 Å². The van der Waals surface area contributed by atoms with Gasteiger partial charge in [0, 0.05) is 14.1 Å². The van der Waals surface area contributed by atoms with Crippen molar-refractivity contribution in [3.8, 4) is 6.07 Å². The van der Waals surface area contributed by atoms with Crippen molar-refractivity contribution in [3.05, 3.63) is 67.4 Å². The van der Waals surface area contributed by atoms with Crippen molar-refractivity contribution in [2.75, 3.05) is 12.8 Å². The molecule has 0 saturated heterocycles. The summed E-state index contributed by atoms with van der Waals surface area (Å²) in [5, 5.41) is 9.41. The molecule has 0 fully saturated rings. The molecule has 27 heavy (non-hydrogen) atoms. The molecule has 0 bridgehead atoms. The van der Waals surface area contributed by atoms with Gasteiger partial charge in [0.05, 0.1) is 12.7 Å². The molecule has 2 aromatic rings. The van der Waals surface area contributed by atoms with Gasteiger partial charge in [-0.25, -0.2) is 9.59 Å². The Morgan fingerprint density at radius 1 is 1.19 bits per heavy atom. The van der Waals surface area contributed by atoms with Crippen molar-refractivity contribution in [2.24, 2.45) is 14.1 Å². The quantitative estimate of drug-likeness (QED) is 0.353. The summed E-state index contributed by atoms with van der Waals surface area (Å²) in [4.78, 5) is 48.8. The molecule has 0 aliphatic rings. The summed E-state index contributed by atoms with van der Waals surface area (Å²) in [6, 6.07) is 7.90. The first kappa shape index (κ1) is 19.4. The fourth-order valence-electron chi connectivity index (χ4n) is 2.43. The van der Waals surface area contributed by atoms with Crippen LogP contribution < -0.4 is 17.0 Å². The van der Waals surface area contributed by atoms with E-state index >= 15 is 0 Å². The predicted molar refractivity (Wildman–Crippen MR) is 97.0 cm³/mol. The van der Waals surface area contributed by atoms with Gasteiger partial charge in [-0.3, -0.25) is 18.7 Å². The van der Waals surface area contributed by atoms with Crippen LogP contribution in [0.4, 0.5) is 5.82 Å². The molecule has 0 unspecified atom stereocenters. The van der Waals surface area contributed by atoms with Gasteiger partial charge in [0.2, 0.25) is 5.78 Å². The number of esters is 1. The minimum Gasteiger partial charge on any atom is -0.465 e. The van der Waals surface area contributed by atoms with Crippen LogP contribution in [0.25, 0.3) is 6.08 Å². The Hall–Kier alpha value is -3.93. The zero-order valence-electron chi connectivity index (χ0n) is 14.8. The van der Waals surface area contributed by atoms with Crippen LogP contribution in [0.5, 0.6) is 0 Å². The van der Waals surface area contributed by atoms with Gasteiger partial charge in [0.15, 0.2) is 0 Å². The van der Waals surface area contributed by atoms with Gasteiger partial charge in [0.1, 0.15) is 23.0 Å². The summed E-state index contributed by atoms with van der Waals surface area (Å²) in [6.45, 7) is 0. The topological polar surface area (TPSA) is 137 Å². The monoisotopic (exact) mass is 368 g/mol. The van der Waals surface area contributed by atoms with Gasteiger partial charge >= 0.3 is 11.7 Å². The Balaban J connectivity index is 2.69. The molecule has 1 aromatic carbocycles. The molecule has 0 amide bonds. The largest absolute Gasteiger partial charge is 0.465 e. The molecule has 0 aliphatic heterocycles. The summed E-state index contributed by atoms with van der Waals surface area (Å²) >= 11 is 0. The number of allylic oxidation sites excluding steroid dienone is 1. The van der Waals surface area contributed by atoms with E-state index in [0.717, 1.165) is 9.13 Å². The average molecular weight is 368 g/mol. The lowest BCUT2D eigenvalue weighted by Crippen LogP contribution is -2.41. The number of carbonyl (C=O) groups excluding carboxylic acids is 2. The van der Waals surface area contributed by atoms with E-state index in [2.05, 4.69) is 4.74 Å². The van der Waals surface area contributed by atoms with Crippen LogP contribution in [0.15, 0.2) is 39.4 Å². The van der Waals surface area contributed by atoms with Crippen molar-refractivity contribution in [3.63, 3.8) is 0 Å². The van der Waals surface area contributed by atoms with Gasteiger partial charge < -0.3 is 10.5 Å². The summed E-state index contributed by atoms with van der Waals surface area (Å²) < 4.78 is 6.33. The van der Waals surface area contributed by atoms with Crippen LogP contribution in [0.2, 0.25) is 0 Å². The Labute approximate surface area is 153 Å². The van der Waals surface area contributed by atoms with Crippen LogP contribution in [-0.4, -0.2) is 28.0 Å². The zero-order valence-corrected chi connectivity index (χ0v) is 14.8. The van der Waals surface area contributed by atoms with E-state index in [1.165, 1.54) is 39.4 Å². The second-order valence-corrected chi connectivity index (χ2v) is 5.54. The Kier molecular flexibility index (Phi) is 5.41. The lowest BCUT2D eigenvalue weighted by atomic mass is 10.00. The third-order valence-electron chi connectivity index (χ3n) is 3.97. The number of benzene rings is 1. The predicted octanol–water partition coefficient (Wildman–Crippen LogP) is 0.243. The first-order valence-corrected chi connectivity index (χ1v) is 7.63. The fraction of sp³-hybridized carbons (Fsp3) is 0.167. The number of hydrogen-bond donors (Lipinski definition) is 1. The minimum absolute atomic E-state index is 0.141. The van der Waals surface area contributed by atoms with E-state index in [9.17, 15) is 24.4 Å². The first-order valence-electron chi connectivity index (χ1n) is 7.63. The van der Waals surface area contributed by atoms with Crippen LogP contribution in [0.3, 0.4) is 0 Å². The molecule has 0 saturated carbocycles. The number of methoxy groups -OCH3 is 1. The minimum atomic E-state index is -0.953. The standard InChI is InChI=1S/C18H16N4O5/c1-21-15(20)13(16(24)22(2)18(21)26)14(23)11(9-19)8-10-6-4-5-7-12(10)17(25)27-3/h4-8H,20H2,1-3H3/b11-8+. The first-order chi connectivity index (χ1) is 12.7. The number of aromatic nitrogens is 2. The number of nitrogens with two attached hydrogens (primary N) is 1. The number of Topliss-reactive ketones (excluding diaryl/α,β-unsaturated/α-hetero) is 1. The molecule has 0 aliphatic carbocycles. The number of ketones is 1. The molecule has 1 heterocycles. The van der Waals surface area contributed by atoms with Crippen molar-refractivity contribution in [1.82, 2.24) is 9.13 Å². The summed E-state index contributed by atoms with van der Waals surface area (Å²) in [5.41, 5.74) is 3.62. The molecule has 0 atom stereocenters. The van der Waals surface area contributed by atoms with Gasteiger partial charge in [-0.1, -0.05) is 18.2 Å². The highest BCUT2D eigenvalue weighted by Crippen LogP contribution is 2.17. The molecule has 9 nitrogen and oxygen atoms in total. The molecule has 0 spiro atoms. The number of anilines is 1. The summed E-state index contributed by atoms with van der Waals surface area (Å²) in [6.07, 6.45) is 1.17. The number of carbonyl (C=O) groups is 2. The van der Waals surface area contributed by atoms with Crippen molar-refractivity contribution in [1.29, 1.82) is 5.26 Å². The molecule has 0 radical (unpaired) electrons. The zero-order chi connectivity index (χ0) is 20.3. The third kappa shape index (κ3) is 3.41. The number of ether oxygens (including phenoxy) is 1. The maximum atomic E-state index is 12.8. The van der Waals surface area contributed by atoms with Crippen LogP contribution >= 0.6 is 0 Å². The van der Waals surface area contributed by atoms with Crippen molar-refractivity contribution < 1.29 is 14.3 Å². The number of hydrogen-bond acceptors (Lipinski definition) is 7. The number of nitrogens with zero attached hydrogens (tertiary/aromatic N) is 3. The summed E-state index contributed by atoms with van der Waals surface area (Å²) in [7, 11) is 3.70. The Morgan fingerprint density at radius 3 is 2.41 bits per heavy atom. The fourth-order valence-corrected chi connectivity index (χ4v) is 2.43. The highest BCUT2D eigenvalue weighted by atomic mass is 16.5. The number of nitriles is 1. The lowest BCUT2D eigenvalue weighted by Gasteiger charge is -2.10. The van der Waals surface area contributed by atoms with Crippen molar-refractivity contribution >= 4 is 23.6 Å². The smallest absolute Gasteiger partial charge is 0.338 e. The average Bonchev–Trinajstić information content (AvgIpc) is 2.68. The van der Waals surface area contributed by atoms with E-state index < -0.39 is 34.1 Å². The maximum absolute atomic E-state index is 12.8. The molecule has 9 heteroatoms. The third-order valence-corrected chi connectivity index (χ3v) is 3.97. The highest BCUT2D eigenvalue weighted by molar-refractivity contribution is 6.16. The SMILES string of the molecule is COC(=O)c1ccccc1/C=C(\C#N)C(=O)c1c(N)n(C)c(=O)n(C)c1=O. The molecule has 2 N–H and O–H groups in total. The normalized spacial score (nSPS) is 11.0. The van der Waals surface area contributed by atoms with Gasteiger partial charge in [-0.05, 0) is 17.7 Å². The summed E-state index contributed by atoms with van der Waals surface area (Å²) in [5.74, 6) is -1.95. The number of rotatable bonds is 4. The van der Waals surface area contributed by atoms with E-state index in [-0.39, 0.29) is 16.9 Å². The maximum Gasteiger partial charge on any atom is 0.338 e. The van der Waals surface area contributed by atoms with Gasteiger partial charge in [-0.2, -0.15) is 5.26 Å². The van der Waals surface area contributed by atoms with E-state index in [1.807, 2.05) is 0 Å².